The Morgan fingerprint density at radius 2 is 1.83 bits per heavy atom. The summed E-state index contributed by atoms with van der Waals surface area (Å²) in [4.78, 5) is 20.0. The molecule has 2 aromatic carbocycles. The van der Waals surface area contributed by atoms with Gasteiger partial charge in [0.25, 0.3) is 0 Å². The van der Waals surface area contributed by atoms with E-state index in [0.29, 0.717) is 49.6 Å². The highest BCUT2D eigenvalue weighted by Gasteiger charge is 2.66. The minimum absolute atomic E-state index is 0.0471. The normalized spacial score (nSPS) is 25.7. The van der Waals surface area contributed by atoms with E-state index in [9.17, 15) is 15.0 Å². The van der Waals surface area contributed by atoms with Gasteiger partial charge in [-0.1, -0.05) is 37.1 Å². The molecule has 0 bridgehead atoms. The third-order valence-corrected chi connectivity index (χ3v) is 13.7. The molecule has 1 saturated heterocycles. The second-order valence-electron chi connectivity index (χ2n) is 15.7. The molecule has 318 valence electrons. The summed E-state index contributed by atoms with van der Waals surface area (Å²) in [6.07, 6.45) is 9.19. The maximum Gasteiger partial charge on any atom is 0.243 e. The maximum atomic E-state index is 15.1. The predicted octanol–water partition coefficient (Wildman–Crippen LogP) is 6.09. The monoisotopic (exact) mass is 822 g/mol. The van der Waals surface area contributed by atoms with Crippen LogP contribution in [0, 0.1) is 17.8 Å². The largest absolute Gasteiger partial charge is 0.492 e. The molecule has 4 aliphatic rings. The number of aliphatic hydroxyl groups excluding tert-OH is 2. The molecule has 2 aliphatic heterocycles. The van der Waals surface area contributed by atoms with Gasteiger partial charge in [-0.3, -0.25) is 9.69 Å². The molecule has 2 heterocycles. The molecule has 6 atom stereocenters. The minimum Gasteiger partial charge on any atom is -0.492 e. The standard InChI is InChI=1S/C44H62N4O9S/c1-5-20-48(58(52,53)35-17-14-33(15-18-35)45-31(4)51)41-30-39(46-56-7-3)37-28-32(12-8-10-24-49)36(13-9-11-25-50)42-38-29-34(54-27-23-47-21-22-47)16-19-40(38)57-44(41,43(37)42)55-26-6-2/h6,14-19,28-29,32,36,41-43,49-50H,2,5,7-13,20-27,30H2,1,3-4H3,(H,45,51)/t32-,36+,41-,42+,43+,44+/m0/s1. The molecular formula is C44H62N4O9S. The van der Waals surface area contributed by atoms with Crippen LogP contribution in [0.15, 0.2) is 76.8 Å². The van der Waals surface area contributed by atoms with E-state index in [1.165, 1.54) is 23.4 Å². The quantitative estimate of drug-likeness (QED) is 0.0518. The number of hydrogen-bond donors (Lipinski definition) is 3. The van der Waals surface area contributed by atoms with Crippen molar-refractivity contribution in [1.29, 1.82) is 0 Å². The van der Waals surface area contributed by atoms with E-state index in [1.54, 1.807) is 18.2 Å². The van der Waals surface area contributed by atoms with Crippen LogP contribution >= 0.6 is 0 Å². The highest BCUT2D eigenvalue weighted by molar-refractivity contribution is 7.89. The maximum absolute atomic E-state index is 15.1. The zero-order valence-electron chi connectivity index (χ0n) is 34.3. The highest BCUT2D eigenvalue weighted by atomic mass is 32.2. The molecule has 14 heteroatoms. The van der Waals surface area contributed by atoms with E-state index in [4.69, 9.17) is 24.2 Å². The lowest BCUT2D eigenvalue weighted by molar-refractivity contribution is -0.251. The Morgan fingerprint density at radius 1 is 1.09 bits per heavy atom. The molecule has 1 saturated carbocycles. The van der Waals surface area contributed by atoms with Gasteiger partial charge in [0.2, 0.25) is 21.7 Å². The number of fused-ring (bicyclic) bond motifs is 2. The first-order valence-electron chi connectivity index (χ1n) is 21.1. The number of aliphatic hydroxyl groups is 2. The molecule has 0 aromatic heterocycles. The van der Waals surface area contributed by atoms with Crippen LogP contribution in [0.5, 0.6) is 11.5 Å². The molecule has 0 spiro atoms. The van der Waals surface area contributed by atoms with Gasteiger partial charge in [-0.15, -0.1) is 6.58 Å². The lowest BCUT2D eigenvalue weighted by Gasteiger charge is -2.59. The molecule has 58 heavy (non-hydrogen) atoms. The van der Waals surface area contributed by atoms with Gasteiger partial charge in [0.15, 0.2) is 0 Å². The number of hydrogen-bond acceptors (Lipinski definition) is 11. The topological polar surface area (TPSA) is 159 Å². The molecule has 2 aliphatic carbocycles. The number of allylic oxidation sites excluding steroid dienone is 1. The fraction of sp³-hybridized carbons (Fsp3) is 0.591. The molecular weight excluding hydrogens is 761 g/mol. The lowest BCUT2D eigenvalue weighted by atomic mass is 9.55. The van der Waals surface area contributed by atoms with Crippen molar-refractivity contribution < 1.29 is 42.5 Å². The average Bonchev–Trinajstić information content (AvgIpc) is 4.04. The van der Waals surface area contributed by atoms with Gasteiger partial charge in [-0.05, 0) is 98.9 Å². The number of sulfonamides is 1. The van der Waals surface area contributed by atoms with Gasteiger partial charge in [-0.25, -0.2) is 8.42 Å². The first-order valence-corrected chi connectivity index (χ1v) is 22.5. The molecule has 0 radical (unpaired) electrons. The van der Waals surface area contributed by atoms with Gasteiger partial charge >= 0.3 is 0 Å². The van der Waals surface area contributed by atoms with Crippen LogP contribution < -0.4 is 14.8 Å². The van der Waals surface area contributed by atoms with Gasteiger partial charge in [0.05, 0.1) is 29.2 Å². The Labute approximate surface area is 344 Å². The molecule has 3 N–H and O–H groups in total. The number of nitrogens with zero attached hydrogens (tertiary/aromatic N) is 3. The van der Waals surface area contributed by atoms with E-state index in [-0.39, 0.29) is 61.3 Å². The number of amides is 1. The predicted molar refractivity (Wildman–Crippen MR) is 223 cm³/mol. The van der Waals surface area contributed by atoms with Crippen LogP contribution in [0.4, 0.5) is 5.69 Å². The summed E-state index contributed by atoms with van der Waals surface area (Å²) in [6.45, 7) is 13.6. The molecule has 2 aromatic rings. The van der Waals surface area contributed by atoms with Crippen molar-refractivity contribution in [2.24, 2.45) is 22.9 Å². The number of nitrogens with one attached hydrogen (secondary N) is 1. The number of carbonyl (C=O) groups excluding carboxylic acids is 1. The van der Waals surface area contributed by atoms with E-state index in [0.717, 1.165) is 62.2 Å². The van der Waals surface area contributed by atoms with Crippen LogP contribution in [0.2, 0.25) is 0 Å². The van der Waals surface area contributed by atoms with E-state index in [2.05, 4.69) is 28.9 Å². The Hall–Kier alpha value is -3.79. The summed E-state index contributed by atoms with van der Waals surface area (Å²) in [6, 6.07) is 11.3. The Kier molecular flexibility index (Phi) is 15.1. The first-order chi connectivity index (χ1) is 28.1. The third-order valence-electron chi connectivity index (χ3n) is 11.7. The van der Waals surface area contributed by atoms with Crippen LogP contribution in [0.3, 0.4) is 0 Å². The van der Waals surface area contributed by atoms with Gasteiger partial charge < -0.3 is 34.6 Å². The molecule has 2 fully saturated rings. The van der Waals surface area contributed by atoms with Crippen LogP contribution in [0.1, 0.15) is 83.6 Å². The lowest BCUT2D eigenvalue weighted by Crippen LogP contribution is -2.70. The number of unbranched alkanes of at least 4 members (excludes halogenated alkanes) is 2. The number of anilines is 1. The molecule has 6 rings (SSSR count). The van der Waals surface area contributed by atoms with Crippen LogP contribution in [-0.2, 0) is 24.4 Å². The molecule has 0 unspecified atom stereocenters. The Morgan fingerprint density at radius 3 is 2.48 bits per heavy atom. The van der Waals surface area contributed by atoms with Crippen LogP contribution in [0.25, 0.3) is 0 Å². The van der Waals surface area contributed by atoms with Gasteiger partial charge in [0.1, 0.15) is 24.7 Å². The summed E-state index contributed by atoms with van der Waals surface area (Å²) < 4.78 is 52.2. The second-order valence-corrected chi connectivity index (χ2v) is 17.6. The summed E-state index contributed by atoms with van der Waals surface area (Å²) >= 11 is 0. The van der Waals surface area contributed by atoms with E-state index in [1.807, 2.05) is 26.0 Å². The molecule has 13 nitrogen and oxygen atoms in total. The second kappa shape index (κ2) is 20.0. The fourth-order valence-electron chi connectivity index (χ4n) is 9.16. The SMILES string of the molecule is C=CCO[C@@]12Oc3ccc(OCCN4CC4)cc3[C@H]3[C@H](CCCCO)[C@@H](CCCCO)C=C(C(=NOCC)C[C@@H]1N(CCC)S(=O)(=O)c1ccc(NC(C)=O)cc1)[C@H]32. The van der Waals surface area contributed by atoms with Gasteiger partial charge in [-0.2, -0.15) is 4.31 Å². The number of ether oxygens (including phenoxy) is 3. The Bertz CT molecular complexity index is 1880. The Balaban J connectivity index is 1.56. The van der Waals surface area contributed by atoms with Crippen molar-refractivity contribution in [3.05, 3.63) is 72.3 Å². The van der Waals surface area contributed by atoms with Crippen molar-refractivity contribution in [3.8, 4) is 11.5 Å². The number of carbonyl (C=O) groups is 1. The number of oxime groups is 1. The fourth-order valence-corrected chi connectivity index (χ4v) is 10.9. The van der Waals surface area contributed by atoms with Crippen molar-refractivity contribution in [3.63, 3.8) is 0 Å². The third kappa shape index (κ3) is 9.63. The van der Waals surface area contributed by atoms with Gasteiger partial charge in [0, 0.05) is 69.9 Å². The smallest absolute Gasteiger partial charge is 0.243 e. The van der Waals surface area contributed by atoms with Crippen molar-refractivity contribution in [2.75, 3.05) is 64.5 Å². The summed E-state index contributed by atoms with van der Waals surface area (Å²) in [5.41, 5.74) is 3.02. The van der Waals surface area contributed by atoms with Crippen molar-refractivity contribution >= 4 is 27.3 Å². The minimum atomic E-state index is -4.20. The first kappa shape index (κ1) is 43.8. The summed E-state index contributed by atoms with van der Waals surface area (Å²) in [7, 11) is -4.20. The van der Waals surface area contributed by atoms with Crippen molar-refractivity contribution in [2.45, 2.75) is 94.8 Å². The number of rotatable bonds is 23. The highest BCUT2D eigenvalue weighted by Crippen LogP contribution is 2.62. The summed E-state index contributed by atoms with van der Waals surface area (Å²) in [5.74, 6) is -1.05. The van der Waals surface area contributed by atoms with E-state index < -0.39 is 27.8 Å². The van der Waals surface area contributed by atoms with Crippen molar-refractivity contribution in [1.82, 2.24) is 9.21 Å². The van der Waals surface area contributed by atoms with E-state index >= 15 is 8.42 Å². The zero-order chi connectivity index (χ0) is 41.3. The number of benzene rings is 2. The molecule has 1 amide bonds. The average molecular weight is 823 g/mol. The van der Waals surface area contributed by atoms with Crippen LogP contribution in [-0.4, -0.2) is 110 Å². The zero-order valence-corrected chi connectivity index (χ0v) is 35.1. The summed E-state index contributed by atoms with van der Waals surface area (Å²) in [5, 5.41) is 27.2.